The van der Waals surface area contributed by atoms with Gasteiger partial charge in [-0.1, -0.05) is 0 Å². The van der Waals surface area contributed by atoms with Gasteiger partial charge in [0.2, 0.25) is 0 Å². The Labute approximate surface area is 71.1 Å². The van der Waals surface area contributed by atoms with Crippen molar-refractivity contribution in [2.45, 2.75) is 26.4 Å². The van der Waals surface area contributed by atoms with Crippen molar-refractivity contribution < 1.29 is 5.11 Å². The van der Waals surface area contributed by atoms with Crippen LogP contribution in [0.1, 0.15) is 25.0 Å². The summed E-state index contributed by atoms with van der Waals surface area (Å²) in [7, 11) is 0. The minimum absolute atomic E-state index is 0.220. The lowest BCUT2D eigenvalue weighted by Gasteiger charge is -2.18. The molecule has 0 atom stereocenters. The highest BCUT2D eigenvalue weighted by molar-refractivity contribution is 5.26. The molecule has 0 saturated carbocycles. The van der Waals surface area contributed by atoms with Crippen molar-refractivity contribution in [3.63, 3.8) is 0 Å². The van der Waals surface area contributed by atoms with E-state index in [1.165, 1.54) is 0 Å². The molecule has 1 rings (SSSR count). The zero-order chi connectivity index (χ0) is 9.35. The maximum atomic E-state index is 11.3. The average molecular weight is 167 g/mol. The SMILES string of the molecule is Cc1cc[nH]c(=O)c1C(C)(C)O. The van der Waals surface area contributed by atoms with Crippen LogP contribution in [0.3, 0.4) is 0 Å². The number of aliphatic hydroxyl groups is 1. The predicted molar refractivity (Wildman–Crippen MR) is 47.0 cm³/mol. The fraction of sp³-hybridized carbons (Fsp3) is 0.444. The first-order chi connectivity index (χ1) is 5.43. The van der Waals surface area contributed by atoms with E-state index in [2.05, 4.69) is 4.98 Å². The molecule has 0 bridgehead atoms. The molecule has 2 N–H and O–H groups in total. The molecule has 12 heavy (non-hydrogen) atoms. The highest BCUT2D eigenvalue weighted by atomic mass is 16.3. The molecule has 0 amide bonds. The number of rotatable bonds is 1. The van der Waals surface area contributed by atoms with Gasteiger partial charge < -0.3 is 10.1 Å². The van der Waals surface area contributed by atoms with Crippen molar-refractivity contribution in [2.75, 3.05) is 0 Å². The number of aromatic nitrogens is 1. The summed E-state index contributed by atoms with van der Waals surface area (Å²) in [6.45, 7) is 5.01. The van der Waals surface area contributed by atoms with E-state index >= 15 is 0 Å². The van der Waals surface area contributed by atoms with Gasteiger partial charge in [0.15, 0.2) is 0 Å². The van der Waals surface area contributed by atoms with Crippen molar-refractivity contribution in [2.24, 2.45) is 0 Å². The molecule has 3 heteroatoms. The maximum absolute atomic E-state index is 11.3. The van der Waals surface area contributed by atoms with Gasteiger partial charge in [-0.25, -0.2) is 0 Å². The number of hydrogen-bond acceptors (Lipinski definition) is 2. The Morgan fingerprint density at radius 1 is 1.50 bits per heavy atom. The minimum atomic E-state index is -1.07. The largest absolute Gasteiger partial charge is 0.386 e. The van der Waals surface area contributed by atoms with Gasteiger partial charge in [-0.2, -0.15) is 0 Å². The van der Waals surface area contributed by atoms with E-state index in [4.69, 9.17) is 0 Å². The van der Waals surface area contributed by atoms with Crippen LogP contribution in [0.4, 0.5) is 0 Å². The molecule has 0 fully saturated rings. The Bertz CT molecular complexity index is 333. The average Bonchev–Trinajstić information content (AvgIpc) is 1.82. The van der Waals surface area contributed by atoms with Gasteiger partial charge in [0.1, 0.15) is 0 Å². The molecule has 0 spiro atoms. The molecule has 0 unspecified atom stereocenters. The van der Waals surface area contributed by atoms with Crippen LogP contribution in [0.15, 0.2) is 17.1 Å². The third-order valence-electron chi connectivity index (χ3n) is 1.78. The molecule has 3 nitrogen and oxygen atoms in total. The van der Waals surface area contributed by atoms with Crippen LogP contribution in [0, 0.1) is 6.92 Å². The van der Waals surface area contributed by atoms with Crippen molar-refractivity contribution in [1.29, 1.82) is 0 Å². The molecule has 1 aromatic heterocycles. The molecule has 0 aromatic carbocycles. The molecular weight excluding hydrogens is 154 g/mol. The molecule has 0 aliphatic heterocycles. The van der Waals surface area contributed by atoms with Crippen molar-refractivity contribution in [3.8, 4) is 0 Å². The first kappa shape index (κ1) is 9.00. The first-order valence-corrected chi connectivity index (χ1v) is 3.84. The Hall–Kier alpha value is -1.09. The second-order valence-corrected chi connectivity index (χ2v) is 3.42. The van der Waals surface area contributed by atoms with Crippen LogP contribution in [0.5, 0.6) is 0 Å². The van der Waals surface area contributed by atoms with Crippen LogP contribution in [0.25, 0.3) is 0 Å². The summed E-state index contributed by atoms with van der Waals surface area (Å²) in [4.78, 5) is 13.8. The number of nitrogens with one attached hydrogen (secondary N) is 1. The van der Waals surface area contributed by atoms with Gasteiger partial charge in [0.25, 0.3) is 5.56 Å². The van der Waals surface area contributed by atoms with Crippen molar-refractivity contribution in [1.82, 2.24) is 4.98 Å². The second kappa shape index (κ2) is 2.75. The summed E-state index contributed by atoms with van der Waals surface area (Å²) < 4.78 is 0. The van der Waals surface area contributed by atoms with Gasteiger partial charge in [-0.3, -0.25) is 4.79 Å². The normalized spacial score (nSPS) is 11.7. The van der Waals surface area contributed by atoms with E-state index in [-0.39, 0.29) is 5.56 Å². The standard InChI is InChI=1S/C9H13NO2/c1-6-4-5-10-8(11)7(6)9(2,3)12/h4-5,12H,1-3H3,(H,10,11). The molecule has 0 radical (unpaired) electrons. The van der Waals surface area contributed by atoms with Gasteiger partial charge in [0.05, 0.1) is 11.2 Å². The quantitative estimate of drug-likeness (QED) is 0.653. The monoisotopic (exact) mass is 167 g/mol. The van der Waals surface area contributed by atoms with Crippen molar-refractivity contribution >= 4 is 0 Å². The lowest BCUT2D eigenvalue weighted by molar-refractivity contribution is 0.0763. The van der Waals surface area contributed by atoms with E-state index in [9.17, 15) is 9.90 Å². The van der Waals surface area contributed by atoms with Crippen LogP contribution in [0.2, 0.25) is 0 Å². The third kappa shape index (κ3) is 1.56. The Morgan fingerprint density at radius 3 is 2.42 bits per heavy atom. The lowest BCUT2D eigenvalue weighted by atomic mass is 9.96. The van der Waals surface area contributed by atoms with E-state index in [1.807, 2.05) is 6.92 Å². The fourth-order valence-electron chi connectivity index (χ4n) is 1.34. The van der Waals surface area contributed by atoms with Crippen LogP contribution >= 0.6 is 0 Å². The zero-order valence-corrected chi connectivity index (χ0v) is 7.51. The smallest absolute Gasteiger partial charge is 0.254 e. The predicted octanol–water partition coefficient (Wildman–Crippen LogP) is 0.911. The summed E-state index contributed by atoms with van der Waals surface area (Å²) in [5.41, 5.74) is -0.0439. The second-order valence-electron chi connectivity index (χ2n) is 3.42. The number of aromatic amines is 1. The zero-order valence-electron chi connectivity index (χ0n) is 7.51. The first-order valence-electron chi connectivity index (χ1n) is 3.84. The third-order valence-corrected chi connectivity index (χ3v) is 1.78. The van der Waals surface area contributed by atoms with Crippen LogP contribution < -0.4 is 5.56 Å². The summed E-state index contributed by atoms with van der Waals surface area (Å²) in [5, 5.41) is 9.63. The molecule has 0 aliphatic rings. The molecule has 0 aliphatic carbocycles. The van der Waals surface area contributed by atoms with Crippen molar-refractivity contribution in [3.05, 3.63) is 33.7 Å². The van der Waals surface area contributed by atoms with Gasteiger partial charge >= 0.3 is 0 Å². The Kier molecular flexibility index (Phi) is 2.06. The highest BCUT2D eigenvalue weighted by Crippen LogP contribution is 2.18. The number of pyridine rings is 1. The summed E-state index contributed by atoms with van der Waals surface area (Å²) in [6.07, 6.45) is 1.58. The molecule has 1 heterocycles. The summed E-state index contributed by atoms with van der Waals surface area (Å²) in [5.74, 6) is 0. The van der Waals surface area contributed by atoms with E-state index in [0.717, 1.165) is 5.56 Å². The van der Waals surface area contributed by atoms with Gasteiger partial charge in [-0.05, 0) is 32.4 Å². The Morgan fingerprint density at radius 2 is 2.08 bits per heavy atom. The van der Waals surface area contributed by atoms with E-state index in [1.54, 1.807) is 26.1 Å². The highest BCUT2D eigenvalue weighted by Gasteiger charge is 2.21. The van der Waals surface area contributed by atoms with Crippen LogP contribution in [-0.2, 0) is 5.60 Å². The minimum Gasteiger partial charge on any atom is -0.386 e. The molecular formula is C9H13NO2. The topological polar surface area (TPSA) is 53.1 Å². The fourth-order valence-corrected chi connectivity index (χ4v) is 1.34. The van der Waals surface area contributed by atoms with Crippen LogP contribution in [-0.4, -0.2) is 10.1 Å². The van der Waals surface area contributed by atoms with Gasteiger partial charge in [0, 0.05) is 6.20 Å². The number of H-pyrrole nitrogens is 1. The molecule has 0 saturated heterocycles. The summed E-state index contributed by atoms with van der Waals surface area (Å²) >= 11 is 0. The maximum Gasteiger partial charge on any atom is 0.254 e. The van der Waals surface area contributed by atoms with E-state index < -0.39 is 5.60 Å². The molecule has 66 valence electrons. The number of hydrogen-bond donors (Lipinski definition) is 2. The van der Waals surface area contributed by atoms with Gasteiger partial charge in [-0.15, -0.1) is 0 Å². The lowest BCUT2D eigenvalue weighted by Crippen LogP contribution is -2.27. The van der Waals surface area contributed by atoms with E-state index in [0.29, 0.717) is 5.56 Å². The molecule has 1 aromatic rings. The summed E-state index contributed by atoms with van der Waals surface area (Å²) in [6, 6.07) is 1.77. The Balaban J connectivity index is 3.42. The number of aryl methyl sites for hydroxylation is 1.